The second kappa shape index (κ2) is 11.2. The molecular weight excluding hydrogens is 596 g/mol. The molecule has 0 spiro atoms. The van der Waals surface area contributed by atoms with E-state index in [0.29, 0.717) is 44.9 Å². The van der Waals surface area contributed by atoms with E-state index in [-0.39, 0.29) is 29.4 Å². The Morgan fingerprint density at radius 3 is 2.38 bits per heavy atom. The second-order valence-electron chi connectivity index (χ2n) is 11.3. The number of carbonyl (C=O) groups is 4. The minimum absolute atomic E-state index is 0.119. The molecule has 2 amide bonds. The summed E-state index contributed by atoms with van der Waals surface area (Å²) >= 11 is 3.35. The van der Waals surface area contributed by atoms with Gasteiger partial charge in [-0.1, -0.05) is 58.7 Å². The summed E-state index contributed by atoms with van der Waals surface area (Å²) in [6.07, 6.45) is 2.46. The zero-order chi connectivity index (χ0) is 29.5. The molecule has 7 nitrogen and oxygen atoms in total. The number of benzene rings is 3. The molecule has 3 atom stereocenters. The highest BCUT2D eigenvalue weighted by molar-refractivity contribution is 9.10. The molecule has 0 N–H and O–H groups in total. The molecule has 1 aliphatic carbocycles. The number of anilines is 1. The van der Waals surface area contributed by atoms with Gasteiger partial charge < -0.3 is 4.74 Å². The SMILES string of the molecule is Cc1ccc2nc(-c3ccc(N4C(=O)[C@H]5CC[C@H](C)C[C@@H]5C4=O)cc3)cc(C(=O)OCC(=O)c3ccc(Br)cc3)c2c1. The van der Waals surface area contributed by atoms with Crippen LogP contribution in [0.3, 0.4) is 0 Å². The Morgan fingerprint density at radius 2 is 1.64 bits per heavy atom. The number of hydrogen-bond acceptors (Lipinski definition) is 6. The van der Waals surface area contributed by atoms with Crippen molar-refractivity contribution in [2.75, 3.05) is 11.5 Å². The van der Waals surface area contributed by atoms with Crippen molar-refractivity contribution in [1.82, 2.24) is 4.98 Å². The molecule has 0 bridgehead atoms. The average Bonchev–Trinajstić information content (AvgIpc) is 3.24. The van der Waals surface area contributed by atoms with Crippen LogP contribution in [0, 0.1) is 24.7 Å². The minimum Gasteiger partial charge on any atom is -0.454 e. The van der Waals surface area contributed by atoms with Gasteiger partial charge in [0.05, 0.1) is 34.3 Å². The molecule has 6 rings (SSSR count). The molecule has 1 aliphatic heterocycles. The molecule has 2 aliphatic rings. The minimum atomic E-state index is -0.624. The molecular formula is C34H29BrN2O5. The first-order valence-electron chi connectivity index (χ1n) is 14.0. The number of hydrogen-bond donors (Lipinski definition) is 0. The van der Waals surface area contributed by atoms with Crippen LogP contribution in [0.15, 0.2) is 77.3 Å². The largest absolute Gasteiger partial charge is 0.454 e. The van der Waals surface area contributed by atoms with Crippen LogP contribution in [0.2, 0.25) is 0 Å². The predicted octanol–water partition coefficient (Wildman–Crippen LogP) is 6.94. The fraction of sp³-hybridized carbons (Fsp3) is 0.265. The highest BCUT2D eigenvalue weighted by atomic mass is 79.9. The maximum absolute atomic E-state index is 13.3. The number of amides is 2. The Hall–Kier alpha value is -4.17. The number of fused-ring (bicyclic) bond motifs is 2. The summed E-state index contributed by atoms with van der Waals surface area (Å²) in [5.74, 6) is -1.20. The normalized spacial score (nSPS) is 20.1. The molecule has 0 radical (unpaired) electrons. The van der Waals surface area contributed by atoms with Gasteiger partial charge in [0.15, 0.2) is 12.4 Å². The van der Waals surface area contributed by atoms with Crippen LogP contribution in [0.5, 0.6) is 0 Å². The zero-order valence-electron chi connectivity index (χ0n) is 23.3. The quantitative estimate of drug-likeness (QED) is 0.131. The number of halogens is 1. The van der Waals surface area contributed by atoms with E-state index in [1.54, 1.807) is 54.6 Å². The summed E-state index contributed by atoms with van der Waals surface area (Å²) in [4.78, 5) is 58.3. The molecule has 8 heteroatoms. The molecule has 1 aromatic heterocycles. The van der Waals surface area contributed by atoms with E-state index in [4.69, 9.17) is 9.72 Å². The molecule has 2 heterocycles. The molecule has 3 aromatic carbocycles. The number of esters is 1. The third-order valence-electron chi connectivity index (χ3n) is 8.29. The number of nitrogens with zero attached hydrogens (tertiary/aromatic N) is 2. The maximum atomic E-state index is 13.3. The van der Waals surface area contributed by atoms with Gasteiger partial charge in [0.25, 0.3) is 0 Å². The van der Waals surface area contributed by atoms with Crippen molar-refractivity contribution >= 4 is 56.1 Å². The molecule has 1 saturated carbocycles. The lowest BCUT2D eigenvalue weighted by atomic mass is 9.76. The second-order valence-corrected chi connectivity index (χ2v) is 12.2. The van der Waals surface area contributed by atoms with E-state index < -0.39 is 12.6 Å². The summed E-state index contributed by atoms with van der Waals surface area (Å²) in [5.41, 5.74) is 4.10. The van der Waals surface area contributed by atoms with Crippen molar-refractivity contribution in [3.8, 4) is 11.3 Å². The Balaban J connectivity index is 1.27. The Morgan fingerprint density at radius 1 is 0.929 bits per heavy atom. The molecule has 0 unspecified atom stereocenters. The number of pyridine rings is 1. The lowest BCUT2D eigenvalue weighted by Gasteiger charge is -2.25. The van der Waals surface area contributed by atoms with E-state index in [9.17, 15) is 19.2 Å². The Labute approximate surface area is 252 Å². The molecule has 4 aromatic rings. The number of ketones is 1. The van der Waals surface area contributed by atoms with Gasteiger partial charge in [-0.2, -0.15) is 0 Å². The molecule has 1 saturated heterocycles. The lowest BCUT2D eigenvalue weighted by molar-refractivity contribution is -0.122. The maximum Gasteiger partial charge on any atom is 0.339 e. The van der Waals surface area contributed by atoms with Gasteiger partial charge in [-0.05, 0) is 74.6 Å². The van der Waals surface area contributed by atoms with Gasteiger partial charge in [-0.15, -0.1) is 0 Å². The molecule has 2 fully saturated rings. The van der Waals surface area contributed by atoms with Crippen LogP contribution in [0.25, 0.3) is 22.2 Å². The van der Waals surface area contributed by atoms with Crippen LogP contribution in [0.1, 0.15) is 52.5 Å². The van der Waals surface area contributed by atoms with Gasteiger partial charge in [-0.3, -0.25) is 19.3 Å². The first-order chi connectivity index (χ1) is 20.2. The fourth-order valence-corrected chi connectivity index (χ4v) is 6.27. The number of Topliss-reactive ketones (excluding diaryl/α,β-unsaturated/α-hetero) is 1. The van der Waals surface area contributed by atoms with Crippen LogP contribution < -0.4 is 4.90 Å². The monoisotopic (exact) mass is 624 g/mol. The zero-order valence-corrected chi connectivity index (χ0v) is 24.9. The van der Waals surface area contributed by atoms with Crippen molar-refractivity contribution in [3.63, 3.8) is 0 Å². The van der Waals surface area contributed by atoms with Crippen molar-refractivity contribution in [2.24, 2.45) is 17.8 Å². The number of aryl methyl sites for hydroxylation is 1. The summed E-state index contributed by atoms with van der Waals surface area (Å²) in [5, 5.41) is 0.626. The highest BCUT2D eigenvalue weighted by Gasteiger charge is 2.49. The Kier molecular flexibility index (Phi) is 7.49. The van der Waals surface area contributed by atoms with E-state index in [1.165, 1.54) is 4.90 Å². The van der Waals surface area contributed by atoms with Gasteiger partial charge >= 0.3 is 5.97 Å². The average molecular weight is 626 g/mol. The van der Waals surface area contributed by atoms with Crippen molar-refractivity contribution in [3.05, 3.63) is 94.0 Å². The van der Waals surface area contributed by atoms with Crippen LogP contribution >= 0.6 is 15.9 Å². The van der Waals surface area contributed by atoms with Gasteiger partial charge in [0.2, 0.25) is 11.8 Å². The number of imide groups is 1. The van der Waals surface area contributed by atoms with Crippen molar-refractivity contribution < 1.29 is 23.9 Å². The lowest BCUT2D eigenvalue weighted by Crippen LogP contribution is -2.30. The van der Waals surface area contributed by atoms with Crippen molar-refractivity contribution in [2.45, 2.75) is 33.1 Å². The topological polar surface area (TPSA) is 93.6 Å². The third kappa shape index (κ3) is 5.27. The van der Waals surface area contributed by atoms with Crippen LogP contribution in [-0.2, 0) is 14.3 Å². The van der Waals surface area contributed by atoms with E-state index >= 15 is 0 Å². The molecule has 212 valence electrons. The summed E-state index contributed by atoms with van der Waals surface area (Å²) < 4.78 is 6.32. The first kappa shape index (κ1) is 28.0. The fourth-order valence-electron chi connectivity index (χ4n) is 6.01. The first-order valence-corrected chi connectivity index (χ1v) is 14.8. The number of carbonyl (C=O) groups excluding carboxylic acids is 4. The smallest absolute Gasteiger partial charge is 0.339 e. The van der Waals surface area contributed by atoms with Crippen molar-refractivity contribution in [1.29, 1.82) is 0 Å². The van der Waals surface area contributed by atoms with Gasteiger partial charge in [0.1, 0.15) is 0 Å². The van der Waals surface area contributed by atoms with Gasteiger partial charge in [-0.25, -0.2) is 9.78 Å². The van der Waals surface area contributed by atoms with Crippen LogP contribution in [0.4, 0.5) is 5.69 Å². The third-order valence-corrected chi connectivity index (χ3v) is 8.82. The Bertz CT molecular complexity index is 1730. The predicted molar refractivity (Wildman–Crippen MR) is 163 cm³/mol. The summed E-state index contributed by atoms with van der Waals surface area (Å²) in [6, 6.07) is 21.3. The summed E-state index contributed by atoms with van der Waals surface area (Å²) in [6.45, 7) is 3.67. The number of aromatic nitrogens is 1. The number of rotatable bonds is 6. The van der Waals surface area contributed by atoms with Gasteiger partial charge in [0, 0.05) is 21.0 Å². The summed E-state index contributed by atoms with van der Waals surface area (Å²) in [7, 11) is 0. The van der Waals surface area contributed by atoms with E-state index in [2.05, 4.69) is 22.9 Å². The molecule has 42 heavy (non-hydrogen) atoms. The highest BCUT2D eigenvalue weighted by Crippen LogP contribution is 2.42. The van der Waals surface area contributed by atoms with Crippen LogP contribution in [-0.4, -0.2) is 35.2 Å². The van der Waals surface area contributed by atoms with E-state index in [1.807, 2.05) is 25.1 Å². The number of ether oxygens (including phenoxy) is 1. The van der Waals surface area contributed by atoms with E-state index in [0.717, 1.165) is 29.3 Å². The standard InChI is InChI=1S/C34H29BrN2O5/c1-19-3-13-25-27(16-19)33(40)37(32(25)39)24-11-7-21(8-12-24)30-17-28(26-15-20(2)4-14-29(26)36-30)34(41)42-18-31(38)22-5-9-23(35)10-6-22/h4-12,14-15,17,19,25,27H,3,13,16,18H2,1-2H3/t19-,25-,27-/m0/s1.